The van der Waals surface area contributed by atoms with Gasteiger partial charge < -0.3 is 5.11 Å². The number of alkyl halides is 3. The highest BCUT2D eigenvalue weighted by molar-refractivity contribution is 5.83. The number of rotatable bonds is 3. The Hall–Kier alpha value is -1.81. The lowest BCUT2D eigenvalue weighted by Crippen LogP contribution is -2.43. The van der Waals surface area contributed by atoms with Crippen molar-refractivity contribution in [2.75, 3.05) is 6.61 Å². The fourth-order valence-electron chi connectivity index (χ4n) is 2.11. The maximum Gasteiger partial charge on any atom is 0.404 e. The van der Waals surface area contributed by atoms with Gasteiger partial charge in [-0.2, -0.15) is 13.2 Å². The Bertz CT molecular complexity index is 604. The summed E-state index contributed by atoms with van der Waals surface area (Å²) in [7, 11) is 0. The molecule has 0 saturated carbocycles. The Morgan fingerprint density at radius 1 is 1.05 bits per heavy atom. The molecule has 0 aliphatic rings. The number of benzene rings is 2. The van der Waals surface area contributed by atoms with E-state index >= 15 is 0 Å². The van der Waals surface area contributed by atoms with Gasteiger partial charge in [0.2, 0.25) is 0 Å². The van der Waals surface area contributed by atoms with Crippen LogP contribution in [0.3, 0.4) is 0 Å². The first kappa shape index (κ1) is 13.6. The summed E-state index contributed by atoms with van der Waals surface area (Å²) in [5.41, 5.74) is -2.42. The second kappa shape index (κ2) is 4.70. The molecule has 4 heteroatoms. The minimum absolute atomic E-state index is 0.00352. The molecule has 1 nitrogen and oxygen atoms in total. The van der Waals surface area contributed by atoms with Crippen LogP contribution in [0.2, 0.25) is 0 Å². The van der Waals surface area contributed by atoms with Crippen LogP contribution < -0.4 is 0 Å². The maximum atomic E-state index is 13.2. The number of hydrogen-bond acceptors (Lipinski definition) is 1. The van der Waals surface area contributed by atoms with Gasteiger partial charge in [-0.3, -0.25) is 0 Å². The molecule has 2 aromatic carbocycles. The van der Waals surface area contributed by atoms with Crippen molar-refractivity contribution < 1.29 is 18.3 Å². The smallest absolute Gasteiger partial charge is 0.395 e. The molecule has 0 saturated heterocycles. The van der Waals surface area contributed by atoms with Crippen molar-refractivity contribution in [2.45, 2.75) is 11.6 Å². The standard InChI is InChI=1S/C15H13F3O/c1-2-14(10-19,15(16,17)18)13-8-7-11-5-3-4-6-12(11)9-13/h2-9,19H,1,10H2. The highest BCUT2D eigenvalue weighted by Crippen LogP contribution is 2.42. The van der Waals surface area contributed by atoms with Gasteiger partial charge in [-0.25, -0.2) is 0 Å². The van der Waals surface area contributed by atoms with Gasteiger partial charge in [0.15, 0.2) is 0 Å². The molecule has 0 amide bonds. The third kappa shape index (κ3) is 2.12. The molecule has 0 aliphatic carbocycles. The van der Waals surface area contributed by atoms with Gasteiger partial charge in [0.25, 0.3) is 0 Å². The normalized spacial score (nSPS) is 15.2. The molecule has 2 rings (SSSR count). The van der Waals surface area contributed by atoms with E-state index in [1.807, 2.05) is 12.1 Å². The van der Waals surface area contributed by atoms with E-state index in [1.54, 1.807) is 18.2 Å². The molecule has 2 aromatic rings. The molecule has 19 heavy (non-hydrogen) atoms. The van der Waals surface area contributed by atoms with Crippen molar-refractivity contribution in [3.8, 4) is 0 Å². The molecule has 100 valence electrons. The lowest BCUT2D eigenvalue weighted by molar-refractivity contribution is -0.185. The zero-order chi connectivity index (χ0) is 14.1. The third-order valence-corrected chi connectivity index (χ3v) is 3.37. The van der Waals surface area contributed by atoms with Gasteiger partial charge in [0.05, 0.1) is 6.61 Å². The third-order valence-electron chi connectivity index (χ3n) is 3.37. The van der Waals surface area contributed by atoms with E-state index in [4.69, 9.17) is 0 Å². The van der Waals surface area contributed by atoms with Crippen molar-refractivity contribution >= 4 is 10.8 Å². The monoisotopic (exact) mass is 266 g/mol. The molecule has 1 N–H and O–H groups in total. The summed E-state index contributed by atoms with van der Waals surface area (Å²) in [5.74, 6) is 0. The summed E-state index contributed by atoms with van der Waals surface area (Å²) in [5, 5.41) is 10.8. The average Bonchev–Trinajstić information content (AvgIpc) is 2.39. The van der Waals surface area contributed by atoms with E-state index in [0.717, 1.165) is 11.5 Å². The molecule has 0 bridgehead atoms. The van der Waals surface area contributed by atoms with Gasteiger partial charge in [0, 0.05) is 0 Å². The van der Waals surface area contributed by atoms with Crippen LogP contribution in [0.4, 0.5) is 13.2 Å². The fourth-order valence-corrected chi connectivity index (χ4v) is 2.11. The van der Waals surface area contributed by atoms with Crippen LogP contribution in [0.1, 0.15) is 5.56 Å². The summed E-state index contributed by atoms with van der Waals surface area (Å²) in [6.07, 6.45) is -3.83. The van der Waals surface area contributed by atoms with Gasteiger partial charge in [-0.05, 0) is 22.4 Å². The molecule has 1 atom stereocenters. The minimum Gasteiger partial charge on any atom is -0.395 e. The van der Waals surface area contributed by atoms with E-state index in [-0.39, 0.29) is 5.56 Å². The fraction of sp³-hybridized carbons (Fsp3) is 0.200. The average molecular weight is 266 g/mol. The largest absolute Gasteiger partial charge is 0.404 e. The molecule has 0 fully saturated rings. The molecule has 0 aromatic heterocycles. The lowest BCUT2D eigenvalue weighted by Gasteiger charge is -2.31. The van der Waals surface area contributed by atoms with Gasteiger partial charge in [-0.15, -0.1) is 6.58 Å². The number of hydrogen-bond donors (Lipinski definition) is 1. The summed E-state index contributed by atoms with van der Waals surface area (Å²) >= 11 is 0. The second-order valence-electron chi connectivity index (χ2n) is 4.39. The first-order valence-corrected chi connectivity index (χ1v) is 5.75. The summed E-state index contributed by atoms with van der Waals surface area (Å²) in [6.45, 7) is 2.19. The van der Waals surface area contributed by atoms with E-state index in [2.05, 4.69) is 6.58 Å². The van der Waals surface area contributed by atoms with Crippen molar-refractivity contribution in [3.63, 3.8) is 0 Å². The SMILES string of the molecule is C=CC(CO)(c1ccc2ccccc2c1)C(F)(F)F. The van der Waals surface area contributed by atoms with Crippen LogP contribution in [0, 0.1) is 0 Å². The quantitative estimate of drug-likeness (QED) is 0.837. The molecule has 1 unspecified atom stereocenters. The number of aliphatic hydroxyl groups excluding tert-OH is 1. The van der Waals surface area contributed by atoms with Crippen molar-refractivity contribution in [3.05, 3.63) is 60.7 Å². The molecule has 0 aliphatic heterocycles. The topological polar surface area (TPSA) is 20.2 Å². The molecule has 0 radical (unpaired) electrons. The van der Waals surface area contributed by atoms with E-state index in [1.165, 1.54) is 12.1 Å². The molecular weight excluding hydrogens is 253 g/mol. The van der Waals surface area contributed by atoms with Crippen LogP contribution in [0.25, 0.3) is 10.8 Å². The number of aliphatic hydroxyl groups is 1. The van der Waals surface area contributed by atoms with E-state index in [9.17, 15) is 18.3 Å². The Balaban J connectivity index is 2.66. The Labute approximate surface area is 109 Å². The highest BCUT2D eigenvalue weighted by Gasteiger charge is 2.53. The van der Waals surface area contributed by atoms with Gasteiger partial charge >= 0.3 is 6.18 Å². The zero-order valence-electron chi connectivity index (χ0n) is 10.1. The van der Waals surface area contributed by atoms with Gasteiger partial charge in [-0.1, -0.05) is 42.5 Å². The van der Waals surface area contributed by atoms with Crippen LogP contribution in [0.5, 0.6) is 0 Å². The predicted molar refractivity (Wildman–Crippen MR) is 69.0 cm³/mol. The molecule has 0 heterocycles. The number of halogens is 3. The van der Waals surface area contributed by atoms with E-state index < -0.39 is 18.2 Å². The van der Waals surface area contributed by atoms with Crippen LogP contribution >= 0.6 is 0 Å². The van der Waals surface area contributed by atoms with Crippen LogP contribution in [-0.4, -0.2) is 17.9 Å². The lowest BCUT2D eigenvalue weighted by atomic mass is 9.80. The van der Waals surface area contributed by atoms with Crippen LogP contribution in [0.15, 0.2) is 55.1 Å². The number of fused-ring (bicyclic) bond motifs is 1. The van der Waals surface area contributed by atoms with Crippen molar-refractivity contribution in [2.24, 2.45) is 0 Å². The highest BCUT2D eigenvalue weighted by atomic mass is 19.4. The summed E-state index contributed by atoms with van der Waals surface area (Å²) in [4.78, 5) is 0. The minimum atomic E-state index is -4.59. The molecule has 0 spiro atoms. The Kier molecular flexibility index (Phi) is 3.37. The summed E-state index contributed by atoms with van der Waals surface area (Å²) in [6, 6.07) is 11.6. The maximum absolute atomic E-state index is 13.2. The van der Waals surface area contributed by atoms with Gasteiger partial charge in [0.1, 0.15) is 5.41 Å². The van der Waals surface area contributed by atoms with E-state index in [0.29, 0.717) is 5.39 Å². The Morgan fingerprint density at radius 2 is 1.68 bits per heavy atom. The molecular formula is C15H13F3O. The second-order valence-corrected chi connectivity index (χ2v) is 4.39. The first-order chi connectivity index (χ1) is 8.94. The van der Waals surface area contributed by atoms with Crippen molar-refractivity contribution in [1.82, 2.24) is 0 Å². The summed E-state index contributed by atoms with van der Waals surface area (Å²) < 4.78 is 39.7. The zero-order valence-corrected chi connectivity index (χ0v) is 10.1. The first-order valence-electron chi connectivity index (χ1n) is 5.75. The van der Waals surface area contributed by atoms with Crippen molar-refractivity contribution in [1.29, 1.82) is 0 Å². The predicted octanol–water partition coefficient (Wildman–Crippen LogP) is 3.82. The Morgan fingerprint density at radius 3 is 2.21 bits per heavy atom. The van der Waals surface area contributed by atoms with Crippen LogP contribution in [-0.2, 0) is 5.41 Å².